The molecule has 0 saturated carbocycles. The number of alkyl halides is 3. The Balaban J connectivity index is 1.97. The predicted molar refractivity (Wildman–Crippen MR) is 70.6 cm³/mol. The van der Waals surface area contributed by atoms with Crippen molar-refractivity contribution in [1.82, 2.24) is 0 Å². The molecule has 0 atom stereocenters. The van der Waals surface area contributed by atoms with Gasteiger partial charge >= 0.3 is 6.36 Å². The minimum atomic E-state index is -4.74. The van der Waals surface area contributed by atoms with Crippen LogP contribution in [-0.4, -0.2) is 11.3 Å². The van der Waals surface area contributed by atoms with E-state index in [0.29, 0.717) is 11.3 Å². The van der Waals surface area contributed by atoms with Crippen molar-refractivity contribution in [2.24, 2.45) is 0 Å². The summed E-state index contributed by atoms with van der Waals surface area (Å²) >= 11 is 0. The zero-order valence-corrected chi connectivity index (χ0v) is 11.0. The van der Waals surface area contributed by atoms with Gasteiger partial charge in [0.1, 0.15) is 18.1 Å². The van der Waals surface area contributed by atoms with Crippen LogP contribution in [0.25, 0.3) is 0 Å². The van der Waals surface area contributed by atoms with E-state index in [4.69, 9.17) is 4.74 Å². The fourth-order valence-electron chi connectivity index (χ4n) is 1.64. The van der Waals surface area contributed by atoms with Gasteiger partial charge in [0.05, 0.1) is 11.0 Å². The summed E-state index contributed by atoms with van der Waals surface area (Å²) in [4.78, 5) is 10.1. The molecule has 2 aromatic rings. The van der Waals surface area contributed by atoms with Gasteiger partial charge in [-0.05, 0) is 23.8 Å². The molecule has 0 heterocycles. The molecule has 0 spiro atoms. The van der Waals surface area contributed by atoms with Gasteiger partial charge in [-0.25, -0.2) is 0 Å². The molecule has 0 aliphatic carbocycles. The van der Waals surface area contributed by atoms with E-state index in [-0.39, 0.29) is 18.0 Å². The number of nitro benzene ring substituents is 1. The lowest BCUT2D eigenvalue weighted by molar-refractivity contribution is -0.384. The van der Waals surface area contributed by atoms with E-state index < -0.39 is 11.3 Å². The molecule has 22 heavy (non-hydrogen) atoms. The average molecular weight is 313 g/mol. The third-order valence-electron chi connectivity index (χ3n) is 2.59. The Bertz CT molecular complexity index is 656. The van der Waals surface area contributed by atoms with Crippen molar-refractivity contribution < 1.29 is 27.6 Å². The van der Waals surface area contributed by atoms with Crippen LogP contribution in [0.15, 0.2) is 48.5 Å². The first kappa shape index (κ1) is 15.6. The van der Waals surface area contributed by atoms with Crippen LogP contribution in [0.2, 0.25) is 0 Å². The topological polar surface area (TPSA) is 61.6 Å². The second-order valence-corrected chi connectivity index (χ2v) is 4.23. The van der Waals surface area contributed by atoms with Crippen molar-refractivity contribution in [2.45, 2.75) is 13.0 Å². The second kappa shape index (κ2) is 6.33. The lowest BCUT2D eigenvalue weighted by Crippen LogP contribution is -2.17. The standard InChI is InChI=1S/C14H10F3NO4/c15-14(16,17)22-12-6-4-10(5-7-12)9-21-13-3-1-2-11(8-13)18(19)20/h1-8H,9H2. The summed E-state index contributed by atoms with van der Waals surface area (Å²) in [6, 6.07) is 10.8. The summed E-state index contributed by atoms with van der Waals surface area (Å²) in [5.74, 6) is -0.0311. The molecular weight excluding hydrogens is 303 g/mol. The summed E-state index contributed by atoms with van der Waals surface area (Å²) in [6.45, 7) is 0.0630. The van der Waals surface area contributed by atoms with Crippen molar-refractivity contribution in [3.63, 3.8) is 0 Å². The fraction of sp³-hybridized carbons (Fsp3) is 0.143. The molecule has 0 amide bonds. The number of hydrogen-bond donors (Lipinski definition) is 0. The van der Waals surface area contributed by atoms with Crippen LogP contribution in [-0.2, 0) is 6.61 Å². The van der Waals surface area contributed by atoms with Gasteiger partial charge in [-0.3, -0.25) is 10.1 Å². The zero-order valence-electron chi connectivity index (χ0n) is 11.0. The van der Waals surface area contributed by atoms with Gasteiger partial charge < -0.3 is 9.47 Å². The van der Waals surface area contributed by atoms with Crippen LogP contribution in [0.5, 0.6) is 11.5 Å². The minimum absolute atomic E-state index is 0.0630. The Labute approximate surface area is 123 Å². The van der Waals surface area contributed by atoms with Gasteiger partial charge in [0.2, 0.25) is 0 Å². The second-order valence-electron chi connectivity index (χ2n) is 4.23. The Hall–Kier alpha value is -2.77. The predicted octanol–water partition coefficient (Wildman–Crippen LogP) is 4.07. The lowest BCUT2D eigenvalue weighted by atomic mass is 10.2. The van der Waals surface area contributed by atoms with E-state index in [9.17, 15) is 23.3 Å². The normalized spacial score (nSPS) is 11.0. The molecule has 0 fully saturated rings. The van der Waals surface area contributed by atoms with Crippen molar-refractivity contribution in [3.05, 3.63) is 64.2 Å². The maximum absolute atomic E-state index is 12.0. The molecule has 0 aromatic heterocycles. The lowest BCUT2D eigenvalue weighted by Gasteiger charge is -2.10. The maximum atomic E-state index is 12.0. The summed E-state index contributed by atoms with van der Waals surface area (Å²) < 4.78 is 45.1. The number of hydrogen-bond acceptors (Lipinski definition) is 4. The quantitative estimate of drug-likeness (QED) is 0.616. The van der Waals surface area contributed by atoms with Crippen molar-refractivity contribution in [3.8, 4) is 11.5 Å². The van der Waals surface area contributed by atoms with Crippen LogP contribution in [0.1, 0.15) is 5.56 Å². The van der Waals surface area contributed by atoms with Crippen molar-refractivity contribution in [2.75, 3.05) is 0 Å². The molecule has 116 valence electrons. The highest BCUT2D eigenvalue weighted by Crippen LogP contribution is 2.24. The number of halogens is 3. The van der Waals surface area contributed by atoms with E-state index in [1.165, 1.54) is 42.5 Å². The fourth-order valence-corrected chi connectivity index (χ4v) is 1.64. The highest BCUT2D eigenvalue weighted by Gasteiger charge is 2.30. The molecule has 2 aromatic carbocycles. The highest BCUT2D eigenvalue weighted by molar-refractivity contribution is 5.38. The maximum Gasteiger partial charge on any atom is 0.573 e. The number of non-ortho nitro benzene ring substituents is 1. The van der Waals surface area contributed by atoms with Crippen LogP contribution < -0.4 is 9.47 Å². The first-order valence-electron chi connectivity index (χ1n) is 6.05. The average Bonchev–Trinajstić information content (AvgIpc) is 2.45. The summed E-state index contributed by atoms with van der Waals surface area (Å²) in [6.07, 6.45) is -4.74. The third-order valence-corrected chi connectivity index (χ3v) is 2.59. The number of rotatable bonds is 5. The number of ether oxygens (including phenoxy) is 2. The summed E-state index contributed by atoms with van der Waals surface area (Å²) in [7, 11) is 0. The van der Waals surface area contributed by atoms with Gasteiger partial charge in [-0.15, -0.1) is 13.2 Å². The van der Waals surface area contributed by atoms with Crippen LogP contribution in [0, 0.1) is 10.1 Å². The van der Waals surface area contributed by atoms with E-state index >= 15 is 0 Å². The highest BCUT2D eigenvalue weighted by atomic mass is 19.4. The van der Waals surface area contributed by atoms with Crippen molar-refractivity contribution >= 4 is 5.69 Å². The molecule has 0 aliphatic heterocycles. The molecule has 5 nitrogen and oxygen atoms in total. The Morgan fingerprint density at radius 1 is 1.05 bits per heavy atom. The van der Waals surface area contributed by atoms with Gasteiger partial charge in [-0.1, -0.05) is 18.2 Å². The summed E-state index contributed by atoms with van der Waals surface area (Å²) in [5.41, 5.74) is 0.493. The van der Waals surface area contributed by atoms with Crippen LogP contribution in [0.3, 0.4) is 0 Å². The number of benzene rings is 2. The van der Waals surface area contributed by atoms with Gasteiger partial charge in [0.15, 0.2) is 0 Å². The molecule has 0 aliphatic rings. The first-order valence-corrected chi connectivity index (χ1v) is 6.05. The Morgan fingerprint density at radius 3 is 2.32 bits per heavy atom. The largest absolute Gasteiger partial charge is 0.573 e. The zero-order chi connectivity index (χ0) is 16.2. The van der Waals surface area contributed by atoms with E-state index in [1.54, 1.807) is 6.07 Å². The van der Waals surface area contributed by atoms with Gasteiger partial charge in [-0.2, -0.15) is 0 Å². The molecule has 0 bridgehead atoms. The summed E-state index contributed by atoms with van der Waals surface area (Å²) in [5, 5.41) is 10.6. The minimum Gasteiger partial charge on any atom is -0.489 e. The molecule has 8 heteroatoms. The van der Waals surface area contributed by atoms with Crippen LogP contribution in [0.4, 0.5) is 18.9 Å². The first-order chi connectivity index (χ1) is 10.3. The van der Waals surface area contributed by atoms with Gasteiger partial charge in [0.25, 0.3) is 5.69 Å². The van der Waals surface area contributed by atoms with E-state index in [0.717, 1.165) is 0 Å². The third kappa shape index (κ3) is 4.65. The monoisotopic (exact) mass is 313 g/mol. The van der Waals surface area contributed by atoms with E-state index in [2.05, 4.69) is 4.74 Å². The molecule has 0 unspecified atom stereocenters. The van der Waals surface area contributed by atoms with E-state index in [1.807, 2.05) is 0 Å². The molecule has 0 N–H and O–H groups in total. The number of nitro groups is 1. The number of nitrogens with zero attached hydrogens (tertiary/aromatic N) is 1. The van der Waals surface area contributed by atoms with Crippen molar-refractivity contribution in [1.29, 1.82) is 0 Å². The Kier molecular flexibility index (Phi) is 4.50. The molecule has 0 radical (unpaired) electrons. The smallest absolute Gasteiger partial charge is 0.489 e. The molecule has 2 rings (SSSR count). The molecule has 0 saturated heterocycles. The van der Waals surface area contributed by atoms with Gasteiger partial charge in [0, 0.05) is 6.07 Å². The molecular formula is C14H10F3NO4. The Morgan fingerprint density at radius 2 is 1.73 bits per heavy atom. The SMILES string of the molecule is O=[N+]([O-])c1cccc(OCc2ccc(OC(F)(F)F)cc2)c1. The van der Waals surface area contributed by atoms with Crippen LogP contribution >= 0.6 is 0 Å².